The van der Waals surface area contributed by atoms with Crippen molar-refractivity contribution < 1.29 is 19.5 Å². The number of carboxylic acid groups (broad SMARTS) is 1. The molecule has 1 aliphatic heterocycles. The molecule has 236 valence electrons. The normalized spacial score (nSPS) is 20.6. The zero-order chi connectivity index (χ0) is 32.4. The number of carbonyl (C=O) groups excluding carboxylic acids is 2. The van der Waals surface area contributed by atoms with Crippen LogP contribution in [0.1, 0.15) is 99.4 Å². The van der Waals surface area contributed by atoms with E-state index in [1.165, 1.54) is 0 Å². The Morgan fingerprint density at radius 3 is 2.22 bits per heavy atom. The maximum absolute atomic E-state index is 14.5. The third kappa shape index (κ3) is 6.85. The van der Waals surface area contributed by atoms with Crippen LogP contribution in [-0.4, -0.2) is 50.7 Å². The van der Waals surface area contributed by atoms with Gasteiger partial charge in [0.25, 0.3) is 11.8 Å². The van der Waals surface area contributed by atoms with Crippen molar-refractivity contribution in [1.82, 2.24) is 15.2 Å². The van der Waals surface area contributed by atoms with Gasteiger partial charge in [-0.2, -0.15) is 0 Å². The minimum absolute atomic E-state index is 0.0564. The van der Waals surface area contributed by atoms with Gasteiger partial charge in [-0.25, -0.2) is 0 Å². The van der Waals surface area contributed by atoms with Crippen molar-refractivity contribution in [2.45, 2.75) is 84.8 Å². The minimum Gasteiger partial charge on any atom is -0.481 e. The van der Waals surface area contributed by atoms with E-state index >= 15 is 0 Å². The minimum atomic E-state index is -0.960. The van der Waals surface area contributed by atoms with Crippen LogP contribution in [0.4, 0.5) is 0 Å². The highest BCUT2D eigenvalue weighted by molar-refractivity contribution is 6.46. The number of benzene rings is 2. The standard InChI is InChI=1S/C37H44N4O4/c1-6-31(26-9-13-28(14-10-26)34(44)39-22-18-32(42)43)41-35(45)33(40-37(41)19-15-30(16-20-37)36(3,4)5)27-11-7-25(8-12-27)29-17-21-38-24(2)23-29/h7-14,17,21,23,30-31H,6,15-16,18-20,22H2,1-5H3,(H,39,44)(H,42,43)/t30?,31-,37?/m1/s1. The molecule has 2 amide bonds. The summed E-state index contributed by atoms with van der Waals surface area (Å²) in [4.78, 5) is 49.5. The van der Waals surface area contributed by atoms with Gasteiger partial charge in [0.1, 0.15) is 11.4 Å². The van der Waals surface area contributed by atoms with Crippen molar-refractivity contribution >= 4 is 23.5 Å². The Hall–Kier alpha value is -4.33. The number of aromatic nitrogens is 1. The summed E-state index contributed by atoms with van der Waals surface area (Å²) in [5.41, 5.74) is 5.39. The van der Waals surface area contributed by atoms with Crippen LogP contribution in [0.3, 0.4) is 0 Å². The lowest BCUT2D eigenvalue weighted by Crippen LogP contribution is -2.51. The van der Waals surface area contributed by atoms with E-state index in [1.54, 1.807) is 12.1 Å². The molecule has 1 spiro atoms. The van der Waals surface area contributed by atoms with Crippen LogP contribution in [0.2, 0.25) is 0 Å². The number of aliphatic carboxylic acids is 1. The summed E-state index contributed by atoms with van der Waals surface area (Å²) in [5.74, 6) is -0.778. The molecule has 2 aliphatic rings. The van der Waals surface area contributed by atoms with Crippen LogP contribution in [0.15, 0.2) is 71.9 Å². The summed E-state index contributed by atoms with van der Waals surface area (Å²) < 4.78 is 0. The lowest BCUT2D eigenvalue weighted by molar-refractivity contribution is -0.137. The van der Waals surface area contributed by atoms with Gasteiger partial charge in [-0.1, -0.05) is 64.1 Å². The summed E-state index contributed by atoms with van der Waals surface area (Å²) in [7, 11) is 0. The predicted molar refractivity (Wildman–Crippen MR) is 176 cm³/mol. The monoisotopic (exact) mass is 608 g/mol. The zero-order valence-electron chi connectivity index (χ0n) is 27.0. The van der Waals surface area contributed by atoms with Gasteiger partial charge in [0.05, 0.1) is 12.5 Å². The van der Waals surface area contributed by atoms with Gasteiger partial charge >= 0.3 is 5.97 Å². The third-order valence-electron chi connectivity index (χ3n) is 9.47. The molecule has 2 N–H and O–H groups in total. The van der Waals surface area contributed by atoms with Crippen LogP contribution >= 0.6 is 0 Å². The van der Waals surface area contributed by atoms with Crippen molar-refractivity contribution in [2.75, 3.05) is 6.54 Å². The highest BCUT2D eigenvalue weighted by atomic mass is 16.4. The Balaban J connectivity index is 1.45. The molecule has 2 heterocycles. The summed E-state index contributed by atoms with van der Waals surface area (Å²) >= 11 is 0. The number of aliphatic imine (C=N–C) groups is 1. The highest BCUT2D eigenvalue weighted by Gasteiger charge is 2.52. The first-order chi connectivity index (χ1) is 21.4. The smallest absolute Gasteiger partial charge is 0.305 e. The second-order valence-corrected chi connectivity index (χ2v) is 13.5. The number of nitrogens with one attached hydrogen (secondary N) is 1. The van der Waals surface area contributed by atoms with E-state index in [0.717, 1.165) is 53.6 Å². The van der Waals surface area contributed by atoms with Gasteiger partial charge in [0.15, 0.2) is 0 Å². The Morgan fingerprint density at radius 2 is 1.64 bits per heavy atom. The maximum atomic E-state index is 14.5. The lowest BCUT2D eigenvalue weighted by atomic mass is 9.69. The number of hydrogen-bond acceptors (Lipinski definition) is 5. The number of carboxylic acids is 1. The third-order valence-corrected chi connectivity index (χ3v) is 9.47. The lowest BCUT2D eigenvalue weighted by Gasteiger charge is -2.47. The topological polar surface area (TPSA) is 112 Å². The van der Waals surface area contributed by atoms with Crippen molar-refractivity contribution in [2.24, 2.45) is 16.3 Å². The summed E-state index contributed by atoms with van der Waals surface area (Å²) in [6.07, 6.45) is 5.97. The van der Waals surface area contributed by atoms with Crippen LogP contribution in [0.25, 0.3) is 11.1 Å². The van der Waals surface area contributed by atoms with Crippen LogP contribution in [0, 0.1) is 18.3 Å². The fraction of sp³-hybridized carbons (Fsp3) is 0.432. The average Bonchev–Trinajstić information content (AvgIpc) is 3.28. The van der Waals surface area contributed by atoms with E-state index in [4.69, 9.17) is 10.1 Å². The Bertz CT molecular complexity index is 1580. The molecule has 1 aromatic heterocycles. The van der Waals surface area contributed by atoms with Crippen LogP contribution in [-0.2, 0) is 9.59 Å². The molecule has 1 fully saturated rings. The maximum Gasteiger partial charge on any atom is 0.305 e. The number of rotatable bonds is 9. The van der Waals surface area contributed by atoms with Crippen LogP contribution < -0.4 is 5.32 Å². The first-order valence-corrected chi connectivity index (χ1v) is 16.0. The van der Waals surface area contributed by atoms with E-state index in [2.05, 4.69) is 44.1 Å². The van der Waals surface area contributed by atoms with Crippen molar-refractivity contribution in [3.8, 4) is 11.1 Å². The van der Waals surface area contributed by atoms with Crippen molar-refractivity contribution in [3.05, 3.63) is 89.2 Å². The van der Waals surface area contributed by atoms with Gasteiger partial charge in [-0.3, -0.25) is 24.4 Å². The molecule has 8 nitrogen and oxygen atoms in total. The number of carbonyl (C=O) groups is 3. The van der Waals surface area contributed by atoms with Gasteiger partial charge < -0.3 is 15.3 Å². The van der Waals surface area contributed by atoms with Gasteiger partial charge in [0.2, 0.25) is 0 Å². The largest absolute Gasteiger partial charge is 0.481 e. The van der Waals surface area contributed by atoms with Gasteiger partial charge in [0, 0.05) is 29.6 Å². The average molecular weight is 609 g/mol. The molecule has 5 rings (SSSR count). The molecule has 0 unspecified atom stereocenters. The summed E-state index contributed by atoms with van der Waals surface area (Å²) in [6, 6.07) is 19.2. The Morgan fingerprint density at radius 1 is 1.00 bits per heavy atom. The predicted octanol–water partition coefficient (Wildman–Crippen LogP) is 6.98. The van der Waals surface area contributed by atoms with Crippen LogP contribution in [0.5, 0.6) is 0 Å². The van der Waals surface area contributed by atoms with E-state index in [-0.39, 0.29) is 36.2 Å². The molecular weight excluding hydrogens is 564 g/mol. The zero-order valence-corrected chi connectivity index (χ0v) is 27.0. The molecule has 0 bridgehead atoms. The van der Waals surface area contributed by atoms with E-state index < -0.39 is 11.6 Å². The highest BCUT2D eigenvalue weighted by Crippen LogP contribution is 2.49. The molecule has 0 radical (unpaired) electrons. The van der Waals surface area contributed by atoms with Gasteiger partial charge in [-0.15, -0.1) is 0 Å². The fourth-order valence-electron chi connectivity index (χ4n) is 6.89. The van der Waals surface area contributed by atoms with Gasteiger partial charge in [-0.05, 0) is 91.3 Å². The molecule has 2 aromatic carbocycles. The molecule has 1 aliphatic carbocycles. The molecule has 0 saturated heterocycles. The summed E-state index contributed by atoms with van der Waals surface area (Å²) in [6.45, 7) is 11.0. The fourth-order valence-corrected chi connectivity index (χ4v) is 6.89. The molecule has 3 aromatic rings. The second kappa shape index (κ2) is 13.0. The molecule has 45 heavy (non-hydrogen) atoms. The number of pyridine rings is 1. The quantitative estimate of drug-likeness (QED) is 0.272. The molecule has 1 saturated carbocycles. The number of nitrogens with zero attached hydrogens (tertiary/aromatic N) is 3. The number of hydrogen-bond donors (Lipinski definition) is 2. The van der Waals surface area contributed by atoms with E-state index in [1.807, 2.05) is 60.5 Å². The summed E-state index contributed by atoms with van der Waals surface area (Å²) in [5, 5.41) is 11.5. The number of amides is 2. The second-order valence-electron chi connectivity index (χ2n) is 13.5. The van der Waals surface area contributed by atoms with E-state index in [0.29, 0.717) is 23.6 Å². The molecule has 1 atom stereocenters. The molecular formula is C37H44N4O4. The first-order valence-electron chi connectivity index (χ1n) is 16.0. The Labute approximate surface area is 266 Å². The Kier molecular flexibility index (Phi) is 9.23. The SMILES string of the molecule is CC[C@H](c1ccc(C(=O)NCCC(=O)O)cc1)N1C(=O)C(c2ccc(-c3ccnc(C)c3)cc2)=NC12CCC(C(C)(C)C)CC2. The van der Waals surface area contributed by atoms with Crippen molar-refractivity contribution in [1.29, 1.82) is 0 Å². The number of aryl methyl sites for hydroxylation is 1. The first kappa shape index (κ1) is 32.1. The van der Waals surface area contributed by atoms with E-state index in [9.17, 15) is 14.4 Å². The van der Waals surface area contributed by atoms with Crippen molar-refractivity contribution in [3.63, 3.8) is 0 Å². The molecule has 8 heteroatoms.